The third-order valence-electron chi connectivity index (χ3n) is 2.70. The fourth-order valence-electron chi connectivity index (χ4n) is 1.68. The van der Waals surface area contributed by atoms with Gasteiger partial charge in [-0.25, -0.2) is 22.7 Å². The molecule has 0 fully saturated rings. The Morgan fingerprint density at radius 2 is 1.86 bits per heavy atom. The molecule has 0 aliphatic heterocycles. The molecule has 2 aromatic carbocycles. The summed E-state index contributed by atoms with van der Waals surface area (Å²) in [5, 5.41) is 7.18. The van der Waals surface area contributed by atoms with Crippen LogP contribution in [0.15, 0.2) is 53.4 Å². The molecule has 0 unspecified atom stereocenters. The van der Waals surface area contributed by atoms with Crippen molar-refractivity contribution in [1.82, 2.24) is 0 Å². The summed E-state index contributed by atoms with van der Waals surface area (Å²) < 4.78 is 40.7. The molecule has 0 spiro atoms. The second-order valence-corrected chi connectivity index (χ2v) is 5.91. The number of hydrogen-bond donors (Lipinski definition) is 2. The molecule has 8 heteroatoms. The lowest BCUT2D eigenvalue weighted by atomic mass is 10.2. The second kappa shape index (κ2) is 6.54. The first kappa shape index (κ1) is 15.9. The monoisotopic (exact) mass is 324 g/mol. The van der Waals surface area contributed by atoms with E-state index >= 15 is 0 Å². The maximum atomic E-state index is 13.4. The van der Waals surface area contributed by atoms with Crippen LogP contribution in [0.2, 0.25) is 0 Å². The summed E-state index contributed by atoms with van der Waals surface area (Å²) in [5.41, 5.74) is 0.852. The van der Waals surface area contributed by atoms with Gasteiger partial charge in [-0.3, -0.25) is 5.32 Å². The van der Waals surface area contributed by atoms with Crippen LogP contribution in [0.3, 0.4) is 0 Å². The van der Waals surface area contributed by atoms with E-state index in [2.05, 4.69) is 5.32 Å². The lowest BCUT2D eigenvalue weighted by Gasteiger charge is -2.08. The molecule has 0 radical (unpaired) electrons. The van der Waals surface area contributed by atoms with Gasteiger partial charge in [-0.1, -0.05) is 30.3 Å². The number of nitrogens with one attached hydrogen (secondary N) is 1. The third-order valence-corrected chi connectivity index (χ3v) is 3.62. The summed E-state index contributed by atoms with van der Waals surface area (Å²) >= 11 is 0. The van der Waals surface area contributed by atoms with Gasteiger partial charge >= 0.3 is 6.09 Å². The predicted octanol–water partition coefficient (Wildman–Crippen LogP) is 2.22. The summed E-state index contributed by atoms with van der Waals surface area (Å²) in [7, 11) is -4.21. The fourth-order valence-corrected chi connectivity index (χ4v) is 2.31. The standard InChI is InChI=1S/C14H13FN2O4S/c15-12-7-6-11(8-13(12)22(16,19)20)17-14(18)21-9-10-4-2-1-3-5-10/h1-8H,9H2,(H,17,18)(H2,16,19,20). The topological polar surface area (TPSA) is 98.5 Å². The van der Waals surface area contributed by atoms with Crippen molar-refractivity contribution in [1.29, 1.82) is 0 Å². The molecule has 0 aliphatic rings. The average molecular weight is 324 g/mol. The summed E-state index contributed by atoms with van der Waals surface area (Å²) in [6, 6.07) is 12.0. The van der Waals surface area contributed by atoms with Crippen molar-refractivity contribution < 1.29 is 22.3 Å². The van der Waals surface area contributed by atoms with Crippen LogP contribution in [0.1, 0.15) is 5.56 Å². The van der Waals surface area contributed by atoms with E-state index < -0.39 is 26.8 Å². The first-order valence-electron chi connectivity index (χ1n) is 6.16. The van der Waals surface area contributed by atoms with Gasteiger partial charge in [0.1, 0.15) is 17.3 Å². The van der Waals surface area contributed by atoms with Gasteiger partial charge in [0.05, 0.1) is 0 Å². The Labute approximate surface area is 126 Å². The molecular formula is C14H13FN2O4S. The zero-order valence-corrected chi connectivity index (χ0v) is 12.1. The molecule has 6 nitrogen and oxygen atoms in total. The Bertz CT molecular complexity index is 779. The Hall–Kier alpha value is -2.45. The Morgan fingerprint density at radius 1 is 1.18 bits per heavy atom. The smallest absolute Gasteiger partial charge is 0.411 e. The molecule has 3 N–H and O–H groups in total. The number of rotatable bonds is 4. The van der Waals surface area contributed by atoms with Crippen LogP contribution in [0, 0.1) is 5.82 Å². The zero-order chi connectivity index (χ0) is 16.2. The number of benzene rings is 2. The van der Waals surface area contributed by atoms with E-state index in [1.807, 2.05) is 6.07 Å². The molecule has 116 valence electrons. The van der Waals surface area contributed by atoms with Gasteiger partial charge in [-0.2, -0.15) is 0 Å². The quantitative estimate of drug-likeness (QED) is 0.901. The molecule has 0 atom stereocenters. The first-order valence-corrected chi connectivity index (χ1v) is 7.71. The van der Waals surface area contributed by atoms with Crippen LogP contribution in [0.5, 0.6) is 0 Å². The van der Waals surface area contributed by atoms with Crippen molar-refractivity contribution in [3.8, 4) is 0 Å². The minimum Gasteiger partial charge on any atom is -0.444 e. The van der Waals surface area contributed by atoms with Crippen LogP contribution < -0.4 is 10.5 Å². The minimum atomic E-state index is -4.21. The molecule has 2 aromatic rings. The first-order chi connectivity index (χ1) is 10.4. The van der Waals surface area contributed by atoms with E-state index in [1.165, 1.54) is 6.07 Å². The van der Waals surface area contributed by atoms with E-state index in [0.717, 1.165) is 17.7 Å². The van der Waals surface area contributed by atoms with Gasteiger partial charge in [0.2, 0.25) is 10.0 Å². The number of ether oxygens (including phenoxy) is 1. The number of primary sulfonamides is 1. The minimum absolute atomic E-state index is 0.0515. The highest BCUT2D eigenvalue weighted by atomic mass is 32.2. The van der Waals surface area contributed by atoms with Crippen LogP contribution in [0.4, 0.5) is 14.9 Å². The van der Waals surface area contributed by atoms with Crippen molar-refractivity contribution in [2.75, 3.05) is 5.32 Å². The number of nitrogens with two attached hydrogens (primary N) is 1. The van der Waals surface area contributed by atoms with E-state index in [0.29, 0.717) is 0 Å². The molecular weight excluding hydrogens is 311 g/mol. The Kier molecular flexibility index (Phi) is 4.74. The van der Waals surface area contributed by atoms with Crippen molar-refractivity contribution >= 4 is 21.8 Å². The highest BCUT2D eigenvalue weighted by molar-refractivity contribution is 7.89. The number of hydrogen-bond acceptors (Lipinski definition) is 4. The van der Waals surface area contributed by atoms with Gasteiger partial charge in [0.15, 0.2) is 0 Å². The second-order valence-electron chi connectivity index (χ2n) is 4.38. The summed E-state index contributed by atoms with van der Waals surface area (Å²) in [4.78, 5) is 10.9. The summed E-state index contributed by atoms with van der Waals surface area (Å²) in [6.07, 6.45) is -0.796. The van der Waals surface area contributed by atoms with Crippen molar-refractivity contribution in [2.45, 2.75) is 11.5 Å². The molecule has 0 heterocycles. The van der Waals surface area contributed by atoms with Crippen LogP contribution in [-0.4, -0.2) is 14.5 Å². The molecule has 0 saturated carbocycles. The number of halogens is 1. The van der Waals surface area contributed by atoms with Gasteiger partial charge in [0.25, 0.3) is 0 Å². The maximum absolute atomic E-state index is 13.4. The molecule has 0 aromatic heterocycles. The molecule has 0 bridgehead atoms. The third kappa shape index (κ3) is 4.27. The Balaban J connectivity index is 2.03. The molecule has 2 rings (SSSR count). The van der Waals surface area contributed by atoms with Crippen molar-refractivity contribution in [2.24, 2.45) is 5.14 Å². The molecule has 22 heavy (non-hydrogen) atoms. The average Bonchev–Trinajstić information content (AvgIpc) is 2.47. The lowest BCUT2D eigenvalue weighted by molar-refractivity contribution is 0.155. The van der Waals surface area contributed by atoms with E-state index in [-0.39, 0.29) is 12.3 Å². The predicted molar refractivity (Wildman–Crippen MR) is 78.0 cm³/mol. The van der Waals surface area contributed by atoms with Crippen LogP contribution >= 0.6 is 0 Å². The van der Waals surface area contributed by atoms with Crippen LogP contribution in [0.25, 0.3) is 0 Å². The zero-order valence-electron chi connectivity index (χ0n) is 11.3. The van der Waals surface area contributed by atoms with Crippen molar-refractivity contribution in [3.05, 3.63) is 59.9 Å². The molecule has 0 saturated heterocycles. The molecule has 0 aliphatic carbocycles. The summed E-state index contributed by atoms with van der Waals surface area (Å²) in [6.45, 7) is 0.0515. The van der Waals surface area contributed by atoms with E-state index in [4.69, 9.17) is 9.88 Å². The Morgan fingerprint density at radius 3 is 2.50 bits per heavy atom. The number of sulfonamides is 1. The SMILES string of the molecule is NS(=O)(=O)c1cc(NC(=O)OCc2ccccc2)ccc1F. The van der Waals surface area contributed by atoms with Gasteiger partial charge in [-0.05, 0) is 23.8 Å². The van der Waals surface area contributed by atoms with Gasteiger partial charge < -0.3 is 4.74 Å². The normalized spacial score (nSPS) is 11.0. The number of anilines is 1. The molecule has 1 amide bonds. The number of amides is 1. The summed E-state index contributed by atoms with van der Waals surface area (Å²) in [5.74, 6) is -0.995. The van der Waals surface area contributed by atoms with E-state index in [1.54, 1.807) is 24.3 Å². The highest BCUT2D eigenvalue weighted by Gasteiger charge is 2.16. The van der Waals surface area contributed by atoms with Crippen molar-refractivity contribution in [3.63, 3.8) is 0 Å². The van der Waals surface area contributed by atoms with Gasteiger partial charge in [0, 0.05) is 5.69 Å². The maximum Gasteiger partial charge on any atom is 0.411 e. The lowest BCUT2D eigenvalue weighted by Crippen LogP contribution is -2.16. The number of carbonyl (C=O) groups excluding carboxylic acids is 1. The highest BCUT2D eigenvalue weighted by Crippen LogP contribution is 2.18. The number of carbonyl (C=O) groups is 1. The van der Waals surface area contributed by atoms with Crippen LogP contribution in [-0.2, 0) is 21.4 Å². The largest absolute Gasteiger partial charge is 0.444 e. The fraction of sp³-hybridized carbons (Fsp3) is 0.0714. The van der Waals surface area contributed by atoms with Gasteiger partial charge in [-0.15, -0.1) is 0 Å². The van der Waals surface area contributed by atoms with E-state index in [9.17, 15) is 17.6 Å².